The molecule has 31 heteroatoms. The molecule has 0 saturated carbocycles. The molecule has 18 rings (SSSR count). The molecule has 0 fully saturated rings. The minimum absolute atomic E-state index is 0. The van der Waals surface area contributed by atoms with Crippen molar-refractivity contribution in [3.05, 3.63) is 329 Å². The molecule has 2 N–H and O–H groups in total. The quantitative estimate of drug-likeness (QED) is 0.0713. The fraction of sp³-hybridized carbons (Fsp3) is 0.207. The number of hydrogen-bond donors (Lipinski definition) is 2. The van der Waals surface area contributed by atoms with Gasteiger partial charge in [0.25, 0.3) is 11.8 Å². The fourth-order valence-corrected chi connectivity index (χ4v) is 15.4. The number of sulfone groups is 1. The second-order valence-corrected chi connectivity index (χ2v) is 30.4. The van der Waals surface area contributed by atoms with Crippen LogP contribution in [0.15, 0.2) is 252 Å². The SMILES string of the molecule is C.C.C.C.C.Cc1cc(NC(=O)c2cn(Cc3ccc(-c4cnn(C)c4)cc3F)c3ccccc23)no1.Cn1cc(-c2ccc(CN3C(=O)OCc4ccccc43)c(F)c2)cn1.Cn1cc(-c2ccc(CN3Cc4ccccc4C3)c(F)c2)cn1.Cn1cc(-c2ccc(Cn3cc(S(=O)(=O)CCNC(=O)c4ccno4)c4c(F)cc(F)cc43)c(F)c2)cn1. The van der Waals surface area contributed by atoms with E-state index in [1.54, 1.807) is 100 Å². The molecule has 8 aromatic heterocycles. The first-order valence-corrected chi connectivity index (χ1v) is 38.7. The highest BCUT2D eigenvalue weighted by molar-refractivity contribution is 7.91. The van der Waals surface area contributed by atoms with E-state index < -0.39 is 49.9 Å². The Balaban J connectivity index is 0.000000172. The number of fused-ring (bicyclic) bond motifs is 4. The van der Waals surface area contributed by atoms with Gasteiger partial charge in [-0.2, -0.15) is 20.4 Å². The van der Waals surface area contributed by atoms with Gasteiger partial charge in [-0.15, -0.1) is 0 Å². The van der Waals surface area contributed by atoms with Crippen LogP contribution in [0.1, 0.15) is 103 Å². The molecular weight excluding hydrogens is 1600 g/mol. The lowest BCUT2D eigenvalue weighted by Crippen LogP contribution is -2.35. The van der Waals surface area contributed by atoms with E-state index in [2.05, 4.69) is 70.5 Å². The number of aryl methyl sites for hydroxylation is 5. The van der Waals surface area contributed by atoms with E-state index in [1.165, 1.54) is 57.1 Å². The summed E-state index contributed by atoms with van der Waals surface area (Å²) in [7, 11) is 3.08. The largest absolute Gasteiger partial charge is 0.444 e. The Morgan fingerprint density at radius 1 is 0.480 bits per heavy atom. The molecule has 0 radical (unpaired) electrons. The van der Waals surface area contributed by atoms with Crippen molar-refractivity contribution in [3.63, 3.8) is 0 Å². The monoisotopic (exact) mass is 1700 g/mol. The van der Waals surface area contributed by atoms with E-state index >= 15 is 4.39 Å². The number of carbonyl (C=O) groups is 3. The summed E-state index contributed by atoms with van der Waals surface area (Å²) in [5.41, 5.74) is 13.8. The van der Waals surface area contributed by atoms with Crippen LogP contribution in [-0.4, -0.2) is 102 Å². The second-order valence-electron chi connectivity index (χ2n) is 28.3. The van der Waals surface area contributed by atoms with Crippen molar-refractivity contribution in [1.82, 2.24) is 68.8 Å². The van der Waals surface area contributed by atoms with Crippen LogP contribution >= 0.6 is 0 Å². The number of amides is 3. The maximum atomic E-state index is 15.0. The zero-order valence-corrected chi connectivity index (χ0v) is 64.9. The van der Waals surface area contributed by atoms with E-state index in [4.69, 9.17) is 13.8 Å². The summed E-state index contributed by atoms with van der Waals surface area (Å²) in [6, 6.07) is 48.1. The third-order valence-electron chi connectivity index (χ3n) is 19.9. The summed E-state index contributed by atoms with van der Waals surface area (Å²) < 4.78 is 139. The Hall–Kier alpha value is -14.2. The van der Waals surface area contributed by atoms with Gasteiger partial charge in [-0.3, -0.25) is 38.1 Å². The number of benzene rings is 8. The van der Waals surface area contributed by atoms with Gasteiger partial charge in [0.1, 0.15) is 47.3 Å². The third-order valence-corrected chi connectivity index (χ3v) is 21.7. The lowest BCUT2D eigenvalue weighted by Gasteiger charge is -2.29. The Morgan fingerprint density at radius 3 is 1.42 bits per heavy atom. The van der Waals surface area contributed by atoms with E-state index in [-0.39, 0.29) is 116 Å². The minimum atomic E-state index is -4.16. The summed E-state index contributed by atoms with van der Waals surface area (Å²) in [6.07, 6.45) is 17.7. The summed E-state index contributed by atoms with van der Waals surface area (Å²) in [5.74, 6) is -4.08. The molecule has 24 nitrogen and oxygen atoms in total. The van der Waals surface area contributed by atoms with Crippen molar-refractivity contribution < 1.29 is 62.9 Å². The predicted molar refractivity (Wildman–Crippen MR) is 462 cm³/mol. The second kappa shape index (κ2) is 39.3. The van der Waals surface area contributed by atoms with Gasteiger partial charge < -0.3 is 33.6 Å². The average molecular weight is 1700 g/mol. The standard InChI is InChI=1S/C25H20F3N5O4S.C24H20FN5O2.C19H16FN3O2.C19H18FN3.5CH4/c1-32-12-17(11-30-32)15-2-3-16(19(27)8-15)13-33-14-23(24-20(28)9-18(26)10-21(24)33)38(35,36)7-6-29-25(34)22-4-5-31-37-22;1-15-9-23(28-32-15)27-24(31)20-14-30(22-6-4-3-5-19(20)22)13-17-8-7-16(10-21(17)25)18-11-26-29(2)12-18;1-22-10-16(9-21-22)13-6-7-14(17(20)8-13)11-23-18-5-3-2-4-15(18)12-25-19(23)24;1-22-10-18(9-21-22)14-6-7-17(19(20)8-14)13-23-11-15-4-2-3-5-16(15)12-23;;;;;/h2-5,8-12,14H,6-7,13H2,1H3,(H,29,34);3-12,14H,13H2,1-2H3,(H,27,28,31);2-10H,11-12H2,1H3;2-10H,11-13H2,1H3;5*1H4. The van der Waals surface area contributed by atoms with Crippen molar-refractivity contribution >= 4 is 61.1 Å². The Kier molecular flexibility index (Phi) is 29.1. The van der Waals surface area contributed by atoms with Crippen molar-refractivity contribution in [3.8, 4) is 44.5 Å². The van der Waals surface area contributed by atoms with Gasteiger partial charge in [0.2, 0.25) is 5.76 Å². The molecule has 638 valence electrons. The number of nitrogens with one attached hydrogen (secondary N) is 2. The molecule has 0 atom stereocenters. The number of anilines is 2. The predicted octanol–water partition coefficient (Wildman–Crippen LogP) is 19.3. The van der Waals surface area contributed by atoms with Crippen LogP contribution < -0.4 is 15.5 Å². The van der Waals surface area contributed by atoms with E-state index in [1.807, 2.05) is 117 Å². The van der Waals surface area contributed by atoms with Crippen LogP contribution in [0.3, 0.4) is 0 Å². The molecule has 0 saturated heterocycles. The number of halogens is 6. The lowest BCUT2D eigenvalue weighted by atomic mass is 10.1. The van der Waals surface area contributed by atoms with Gasteiger partial charge in [-0.25, -0.2) is 39.6 Å². The summed E-state index contributed by atoms with van der Waals surface area (Å²) in [6.45, 7) is 4.33. The Labute approximate surface area is 708 Å². The maximum Gasteiger partial charge on any atom is 0.414 e. The highest BCUT2D eigenvalue weighted by atomic mass is 32.2. The molecule has 16 aromatic rings. The van der Waals surface area contributed by atoms with E-state index in [0.717, 1.165) is 86.5 Å². The van der Waals surface area contributed by atoms with Crippen LogP contribution in [0.2, 0.25) is 0 Å². The average Bonchev–Trinajstić information content (AvgIpc) is 1.62. The number of carbonyl (C=O) groups excluding carboxylic acids is 3. The fourth-order valence-electron chi connectivity index (χ4n) is 14.0. The van der Waals surface area contributed by atoms with Crippen LogP contribution in [0.5, 0.6) is 0 Å². The Morgan fingerprint density at radius 2 is 0.951 bits per heavy atom. The molecular formula is C92H94F6N16O8S. The molecule has 2 aliphatic rings. The number of aromatic nitrogens is 12. The van der Waals surface area contributed by atoms with Crippen LogP contribution in [0.4, 0.5) is 42.6 Å². The van der Waals surface area contributed by atoms with Crippen molar-refractivity contribution in [2.45, 2.75) is 94.8 Å². The van der Waals surface area contributed by atoms with Gasteiger partial charge >= 0.3 is 6.09 Å². The zero-order chi connectivity index (χ0) is 82.5. The van der Waals surface area contributed by atoms with Gasteiger partial charge in [-0.05, 0) is 82.8 Å². The topological polar surface area (TPSA) is 258 Å². The van der Waals surface area contributed by atoms with Crippen LogP contribution in [0.25, 0.3) is 66.3 Å². The molecule has 0 bridgehead atoms. The van der Waals surface area contributed by atoms with Crippen molar-refractivity contribution in [1.29, 1.82) is 0 Å². The molecule has 0 spiro atoms. The number of nitrogens with zero attached hydrogens (tertiary/aromatic N) is 14. The molecule has 2 aliphatic heterocycles. The van der Waals surface area contributed by atoms with Gasteiger partial charge in [0.05, 0.1) is 83.4 Å². The first kappa shape index (κ1) is 91.1. The van der Waals surface area contributed by atoms with Crippen molar-refractivity contribution in [2.75, 3.05) is 22.5 Å². The first-order valence-electron chi connectivity index (χ1n) is 37.0. The molecule has 10 heterocycles. The van der Waals surface area contributed by atoms with Gasteiger partial charge in [0.15, 0.2) is 15.7 Å². The molecule has 3 amide bonds. The highest BCUT2D eigenvalue weighted by Crippen LogP contribution is 2.35. The third kappa shape index (κ3) is 20.8. The number of hydrogen-bond acceptors (Lipinski definition) is 15. The summed E-state index contributed by atoms with van der Waals surface area (Å²) in [4.78, 5) is 40.4. The molecule has 8 aromatic carbocycles. The van der Waals surface area contributed by atoms with E-state index in [9.17, 15) is 44.8 Å². The van der Waals surface area contributed by atoms with Gasteiger partial charge in [-0.1, -0.05) is 157 Å². The van der Waals surface area contributed by atoms with Crippen LogP contribution in [-0.2, 0) is 88.6 Å². The minimum Gasteiger partial charge on any atom is -0.444 e. The van der Waals surface area contributed by atoms with Crippen LogP contribution in [0, 0.1) is 41.8 Å². The number of para-hydroxylation sites is 2. The molecule has 0 aliphatic carbocycles. The zero-order valence-electron chi connectivity index (χ0n) is 64.1. The van der Waals surface area contributed by atoms with E-state index in [0.29, 0.717) is 52.0 Å². The number of rotatable bonds is 19. The number of cyclic esters (lactones) is 1. The molecule has 0 unspecified atom stereocenters. The highest BCUT2D eigenvalue weighted by Gasteiger charge is 2.29. The smallest absolute Gasteiger partial charge is 0.414 e. The lowest BCUT2D eigenvalue weighted by molar-refractivity contribution is 0.0918. The number of ether oxygens (including phenoxy) is 1. The van der Waals surface area contributed by atoms with Gasteiger partial charge in [0, 0.05) is 171 Å². The maximum absolute atomic E-state index is 15.0. The summed E-state index contributed by atoms with van der Waals surface area (Å²) in [5, 5.41) is 29.2. The van der Waals surface area contributed by atoms with Crippen molar-refractivity contribution in [2.24, 2.45) is 28.2 Å². The first-order chi connectivity index (χ1) is 56.9. The summed E-state index contributed by atoms with van der Waals surface area (Å²) >= 11 is 0. The molecule has 123 heavy (non-hydrogen) atoms. The Bertz CT molecular complexity index is 6520. The normalized spacial score (nSPS) is 12.0.